The van der Waals surface area contributed by atoms with Crippen molar-refractivity contribution in [2.45, 2.75) is 13.3 Å². The zero-order valence-corrected chi connectivity index (χ0v) is 14.7. The Bertz CT molecular complexity index is 788. The second-order valence-electron chi connectivity index (χ2n) is 5.51. The molecule has 0 saturated carbocycles. The van der Waals surface area contributed by atoms with E-state index in [1.165, 1.54) is 14.0 Å². The molecule has 2 aromatic rings. The molecular formula is C19H21N3O4. The van der Waals surface area contributed by atoms with Gasteiger partial charge in [0.05, 0.1) is 12.8 Å². The highest BCUT2D eigenvalue weighted by Crippen LogP contribution is 2.23. The lowest BCUT2D eigenvalue weighted by molar-refractivity contribution is -0.119. The van der Waals surface area contributed by atoms with Crippen LogP contribution in [0.4, 0.5) is 11.4 Å². The normalized spacial score (nSPS) is 9.92. The number of rotatable bonds is 7. The molecule has 0 aliphatic rings. The number of amides is 3. The molecule has 0 atom stereocenters. The Kier molecular flexibility index (Phi) is 6.73. The summed E-state index contributed by atoms with van der Waals surface area (Å²) in [7, 11) is 1.54. The molecule has 2 aromatic carbocycles. The van der Waals surface area contributed by atoms with Crippen LogP contribution in [-0.2, 0) is 9.59 Å². The van der Waals surface area contributed by atoms with E-state index >= 15 is 0 Å². The number of hydrogen-bond donors (Lipinski definition) is 3. The van der Waals surface area contributed by atoms with E-state index in [4.69, 9.17) is 4.74 Å². The Labute approximate surface area is 151 Å². The summed E-state index contributed by atoms with van der Waals surface area (Å²) in [4.78, 5) is 34.9. The van der Waals surface area contributed by atoms with Gasteiger partial charge >= 0.3 is 0 Å². The van der Waals surface area contributed by atoms with Gasteiger partial charge in [0, 0.05) is 31.1 Å². The predicted octanol–water partition coefficient (Wildman–Crippen LogP) is 2.41. The summed E-state index contributed by atoms with van der Waals surface area (Å²) in [6.45, 7) is 1.67. The maximum absolute atomic E-state index is 12.3. The fraction of sp³-hybridized carbons (Fsp3) is 0.211. The van der Waals surface area contributed by atoms with Crippen molar-refractivity contribution in [1.29, 1.82) is 0 Å². The first-order valence-electron chi connectivity index (χ1n) is 8.08. The number of ether oxygens (including phenoxy) is 1. The van der Waals surface area contributed by atoms with Crippen molar-refractivity contribution in [3.8, 4) is 5.75 Å². The average Bonchev–Trinajstić information content (AvgIpc) is 2.62. The molecule has 7 nitrogen and oxygen atoms in total. The summed E-state index contributed by atoms with van der Waals surface area (Å²) in [6, 6.07) is 13.7. The van der Waals surface area contributed by atoms with E-state index in [9.17, 15) is 14.4 Å². The lowest BCUT2D eigenvalue weighted by Crippen LogP contribution is -2.25. The van der Waals surface area contributed by atoms with Crippen molar-refractivity contribution in [1.82, 2.24) is 5.32 Å². The van der Waals surface area contributed by atoms with Gasteiger partial charge in [0.15, 0.2) is 0 Å². The molecule has 0 saturated heterocycles. The van der Waals surface area contributed by atoms with Crippen molar-refractivity contribution < 1.29 is 19.1 Å². The van der Waals surface area contributed by atoms with Gasteiger partial charge in [-0.2, -0.15) is 0 Å². The highest BCUT2D eigenvalue weighted by molar-refractivity contribution is 6.05. The number of hydrogen-bond acceptors (Lipinski definition) is 4. The molecule has 0 radical (unpaired) electrons. The maximum Gasteiger partial charge on any atom is 0.255 e. The van der Waals surface area contributed by atoms with Gasteiger partial charge in [0.25, 0.3) is 5.91 Å². The standard InChI is InChI=1S/C19H21N3O4/c1-13(23)20-12-11-18(24)21-15-9-7-14(8-10-15)19(25)22-16-5-3-4-6-17(16)26-2/h3-10H,11-12H2,1-2H3,(H,20,23)(H,21,24)(H,22,25). The highest BCUT2D eigenvalue weighted by Gasteiger charge is 2.10. The van der Waals surface area contributed by atoms with Gasteiger partial charge in [-0.15, -0.1) is 0 Å². The van der Waals surface area contributed by atoms with Gasteiger partial charge in [0.1, 0.15) is 5.75 Å². The number of nitrogens with one attached hydrogen (secondary N) is 3. The van der Waals surface area contributed by atoms with Gasteiger partial charge in [-0.25, -0.2) is 0 Å². The van der Waals surface area contributed by atoms with E-state index in [0.29, 0.717) is 22.7 Å². The summed E-state index contributed by atoms with van der Waals surface area (Å²) in [5, 5.41) is 8.05. The van der Waals surface area contributed by atoms with Crippen molar-refractivity contribution in [2.75, 3.05) is 24.3 Å². The van der Waals surface area contributed by atoms with Crippen molar-refractivity contribution >= 4 is 29.1 Å². The molecule has 2 rings (SSSR count). The molecule has 136 valence electrons. The molecule has 0 fully saturated rings. The molecule has 0 aliphatic carbocycles. The van der Waals surface area contributed by atoms with Crippen molar-refractivity contribution in [3.63, 3.8) is 0 Å². The monoisotopic (exact) mass is 355 g/mol. The lowest BCUT2D eigenvalue weighted by atomic mass is 10.2. The van der Waals surface area contributed by atoms with E-state index in [2.05, 4.69) is 16.0 Å². The predicted molar refractivity (Wildman–Crippen MR) is 99.3 cm³/mol. The molecule has 0 aliphatic heterocycles. The Balaban J connectivity index is 1.93. The SMILES string of the molecule is COc1ccccc1NC(=O)c1ccc(NC(=O)CCNC(C)=O)cc1. The molecule has 0 bridgehead atoms. The van der Waals surface area contributed by atoms with Crippen LogP contribution in [0.2, 0.25) is 0 Å². The van der Waals surface area contributed by atoms with E-state index in [0.717, 1.165) is 0 Å². The smallest absolute Gasteiger partial charge is 0.255 e. The Morgan fingerprint density at radius 1 is 0.962 bits per heavy atom. The maximum atomic E-state index is 12.3. The van der Waals surface area contributed by atoms with Gasteiger partial charge in [-0.1, -0.05) is 12.1 Å². The second-order valence-corrected chi connectivity index (χ2v) is 5.51. The first-order chi connectivity index (χ1) is 12.5. The lowest BCUT2D eigenvalue weighted by Gasteiger charge is -2.10. The highest BCUT2D eigenvalue weighted by atomic mass is 16.5. The van der Waals surface area contributed by atoms with Crippen LogP contribution >= 0.6 is 0 Å². The van der Waals surface area contributed by atoms with Crippen LogP contribution in [0.1, 0.15) is 23.7 Å². The fourth-order valence-electron chi connectivity index (χ4n) is 2.22. The third-order valence-electron chi connectivity index (χ3n) is 3.51. The molecule has 26 heavy (non-hydrogen) atoms. The van der Waals surface area contributed by atoms with Crippen LogP contribution in [0.25, 0.3) is 0 Å². The van der Waals surface area contributed by atoms with Crippen LogP contribution in [-0.4, -0.2) is 31.4 Å². The van der Waals surface area contributed by atoms with Gasteiger partial charge in [-0.3, -0.25) is 14.4 Å². The number of para-hydroxylation sites is 2. The number of anilines is 2. The minimum absolute atomic E-state index is 0.176. The molecule has 3 N–H and O–H groups in total. The molecule has 0 heterocycles. The average molecular weight is 355 g/mol. The van der Waals surface area contributed by atoms with E-state index in [1.807, 2.05) is 6.07 Å². The Hall–Kier alpha value is -3.35. The molecular weight excluding hydrogens is 334 g/mol. The minimum atomic E-state index is -0.280. The third-order valence-corrected chi connectivity index (χ3v) is 3.51. The molecule has 7 heteroatoms. The number of benzene rings is 2. The van der Waals surface area contributed by atoms with E-state index < -0.39 is 0 Å². The molecule has 3 amide bonds. The number of carbonyl (C=O) groups is 3. The minimum Gasteiger partial charge on any atom is -0.495 e. The largest absolute Gasteiger partial charge is 0.495 e. The first kappa shape index (κ1) is 19.0. The molecule has 0 aromatic heterocycles. The summed E-state index contributed by atoms with van der Waals surface area (Å²) in [5.41, 5.74) is 1.61. The topological polar surface area (TPSA) is 96.5 Å². The van der Waals surface area contributed by atoms with Crippen LogP contribution in [0, 0.1) is 0 Å². The summed E-state index contributed by atoms with van der Waals surface area (Å²) >= 11 is 0. The quantitative estimate of drug-likeness (QED) is 0.710. The zero-order valence-electron chi connectivity index (χ0n) is 14.7. The summed E-state index contributed by atoms with van der Waals surface area (Å²) in [5.74, 6) is -0.102. The van der Waals surface area contributed by atoms with Crippen LogP contribution in [0.3, 0.4) is 0 Å². The Morgan fingerprint density at radius 3 is 2.31 bits per heavy atom. The van der Waals surface area contributed by atoms with E-state index in [-0.39, 0.29) is 30.7 Å². The third kappa shape index (κ3) is 5.62. The second kappa shape index (κ2) is 9.22. The summed E-state index contributed by atoms with van der Waals surface area (Å²) < 4.78 is 5.20. The van der Waals surface area contributed by atoms with Crippen LogP contribution < -0.4 is 20.7 Å². The van der Waals surface area contributed by atoms with Crippen LogP contribution in [0.15, 0.2) is 48.5 Å². The van der Waals surface area contributed by atoms with E-state index in [1.54, 1.807) is 42.5 Å². The Morgan fingerprint density at radius 2 is 1.65 bits per heavy atom. The number of carbonyl (C=O) groups excluding carboxylic acids is 3. The zero-order chi connectivity index (χ0) is 18.9. The van der Waals surface area contributed by atoms with Gasteiger partial charge in [-0.05, 0) is 36.4 Å². The fourth-order valence-corrected chi connectivity index (χ4v) is 2.22. The van der Waals surface area contributed by atoms with Crippen molar-refractivity contribution in [2.24, 2.45) is 0 Å². The molecule has 0 unspecified atom stereocenters. The molecule has 0 spiro atoms. The van der Waals surface area contributed by atoms with Crippen molar-refractivity contribution in [3.05, 3.63) is 54.1 Å². The first-order valence-corrected chi connectivity index (χ1v) is 8.08. The van der Waals surface area contributed by atoms with Gasteiger partial charge in [0.2, 0.25) is 11.8 Å². The van der Waals surface area contributed by atoms with Crippen LogP contribution in [0.5, 0.6) is 5.75 Å². The number of methoxy groups -OCH3 is 1. The summed E-state index contributed by atoms with van der Waals surface area (Å²) in [6.07, 6.45) is 0.176. The van der Waals surface area contributed by atoms with Gasteiger partial charge < -0.3 is 20.7 Å².